The van der Waals surface area contributed by atoms with E-state index in [1.54, 1.807) is 29.5 Å². The zero-order valence-corrected chi connectivity index (χ0v) is 17.2. The second kappa shape index (κ2) is 8.05. The molecular weight excluding hydrogens is 384 g/mol. The SMILES string of the molecule is CC(=O)Nc1cccc(NC(=O)CN2CCc3cc(-c4csc(C)n4)ccc32)c1. The van der Waals surface area contributed by atoms with Crippen LogP contribution >= 0.6 is 11.3 Å². The first-order valence-electron chi connectivity index (χ1n) is 9.46. The molecule has 0 fully saturated rings. The van der Waals surface area contributed by atoms with Crippen molar-refractivity contribution >= 4 is 40.2 Å². The van der Waals surface area contributed by atoms with Gasteiger partial charge in [0.2, 0.25) is 11.8 Å². The molecule has 2 N–H and O–H groups in total. The number of anilines is 3. The average Bonchev–Trinajstić information content (AvgIpc) is 3.27. The summed E-state index contributed by atoms with van der Waals surface area (Å²) in [5, 5.41) is 8.77. The van der Waals surface area contributed by atoms with Crippen molar-refractivity contribution < 1.29 is 9.59 Å². The van der Waals surface area contributed by atoms with E-state index in [0.717, 1.165) is 34.9 Å². The molecule has 0 radical (unpaired) electrons. The summed E-state index contributed by atoms with van der Waals surface area (Å²) in [5.74, 6) is -0.230. The summed E-state index contributed by atoms with van der Waals surface area (Å²) in [5.41, 5.74) is 5.79. The van der Waals surface area contributed by atoms with Crippen molar-refractivity contribution in [1.29, 1.82) is 0 Å². The summed E-state index contributed by atoms with van der Waals surface area (Å²) in [6.45, 7) is 4.56. The Hall–Kier alpha value is -3.19. The minimum absolute atomic E-state index is 0.0861. The van der Waals surface area contributed by atoms with E-state index < -0.39 is 0 Å². The van der Waals surface area contributed by atoms with Gasteiger partial charge in [-0.2, -0.15) is 0 Å². The number of carbonyl (C=O) groups is 2. The molecule has 0 bridgehead atoms. The fourth-order valence-electron chi connectivity index (χ4n) is 3.54. The van der Waals surface area contributed by atoms with Gasteiger partial charge in [-0.1, -0.05) is 12.1 Å². The topological polar surface area (TPSA) is 74.3 Å². The summed E-state index contributed by atoms with van der Waals surface area (Å²) < 4.78 is 0. The van der Waals surface area contributed by atoms with Crippen LogP contribution in [0.2, 0.25) is 0 Å². The van der Waals surface area contributed by atoms with Crippen molar-refractivity contribution in [2.45, 2.75) is 20.3 Å². The minimum Gasteiger partial charge on any atom is -0.362 e. The highest BCUT2D eigenvalue weighted by Gasteiger charge is 2.22. The van der Waals surface area contributed by atoms with Crippen LogP contribution in [-0.4, -0.2) is 29.9 Å². The minimum atomic E-state index is -0.144. The van der Waals surface area contributed by atoms with E-state index in [4.69, 9.17) is 0 Å². The van der Waals surface area contributed by atoms with Crippen molar-refractivity contribution in [2.24, 2.45) is 0 Å². The van der Waals surface area contributed by atoms with Crippen molar-refractivity contribution in [3.8, 4) is 11.3 Å². The highest BCUT2D eigenvalue weighted by Crippen LogP contribution is 2.32. The number of nitrogens with zero attached hydrogens (tertiary/aromatic N) is 2. The summed E-state index contributed by atoms with van der Waals surface area (Å²) in [4.78, 5) is 30.4. The molecule has 2 aromatic carbocycles. The number of nitrogens with one attached hydrogen (secondary N) is 2. The Morgan fingerprint density at radius 1 is 1.14 bits per heavy atom. The van der Waals surface area contributed by atoms with E-state index in [-0.39, 0.29) is 18.4 Å². The molecule has 0 saturated carbocycles. The fraction of sp³-hybridized carbons (Fsp3) is 0.227. The number of thiazole rings is 1. The smallest absolute Gasteiger partial charge is 0.243 e. The third kappa shape index (κ3) is 4.46. The van der Waals surface area contributed by atoms with Crippen LogP contribution in [0.3, 0.4) is 0 Å². The van der Waals surface area contributed by atoms with Gasteiger partial charge >= 0.3 is 0 Å². The number of fused-ring (bicyclic) bond motifs is 1. The van der Waals surface area contributed by atoms with Crippen molar-refractivity contribution in [2.75, 3.05) is 28.6 Å². The van der Waals surface area contributed by atoms with Crippen LogP contribution < -0.4 is 15.5 Å². The summed E-state index contributed by atoms with van der Waals surface area (Å²) in [6.07, 6.45) is 0.914. The molecule has 0 spiro atoms. The van der Waals surface area contributed by atoms with Gasteiger partial charge in [-0.05, 0) is 49.2 Å². The summed E-state index contributed by atoms with van der Waals surface area (Å²) in [6, 6.07) is 13.5. The quantitative estimate of drug-likeness (QED) is 0.670. The van der Waals surface area contributed by atoms with Crippen molar-refractivity contribution in [1.82, 2.24) is 4.98 Å². The first-order valence-corrected chi connectivity index (χ1v) is 10.3. The number of benzene rings is 2. The molecular formula is C22H22N4O2S. The largest absolute Gasteiger partial charge is 0.362 e. The molecule has 4 rings (SSSR count). The van der Waals surface area contributed by atoms with Gasteiger partial charge in [0.1, 0.15) is 0 Å². The van der Waals surface area contributed by atoms with Gasteiger partial charge in [-0.3, -0.25) is 9.59 Å². The second-order valence-electron chi connectivity index (χ2n) is 7.08. The monoisotopic (exact) mass is 406 g/mol. The molecule has 148 valence electrons. The molecule has 2 amide bonds. The highest BCUT2D eigenvalue weighted by molar-refractivity contribution is 7.09. The Kier molecular flexibility index (Phi) is 5.31. The molecule has 2 heterocycles. The molecule has 6 nitrogen and oxygen atoms in total. The molecule has 1 aliphatic rings. The van der Waals surface area contributed by atoms with Gasteiger partial charge in [0, 0.05) is 41.5 Å². The van der Waals surface area contributed by atoms with Gasteiger partial charge in [-0.25, -0.2) is 4.98 Å². The molecule has 29 heavy (non-hydrogen) atoms. The second-order valence-corrected chi connectivity index (χ2v) is 8.14. The predicted octanol–water partition coefficient (Wildman–Crippen LogP) is 4.08. The number of hydrogen-bond acceptors (Lipinski definition) is 5. The van der Waals surface area contributed by atoms with E-state index in [1.165, 1.54) is 12.5 Å². The Balaban J connectivity index is 1.42. The molecule has 1 aromatic heterocycles. The fourth-order valence-corrected chi connectivity index (χ4v) is 4.16. The molecule has 7 heteroatoms. The maximum absolute atomic E-state index is 12.6. The van der Waals surface area contributed by atoms with Crippen LogP contribution in [0.1, 0.15) is 17.5 Å². The van der Waals surface area contributed by atoms with Crippen LogP contribution in [0.15, 0.2) is 47.8 Å². The number of carbonyl (C=O) groups excluding carboxylic acids is 2. The summed E-state index contributed by atoms with van der Waals surface area (Å²) >= 11 is 1.65. The Morgan fingerprint density at radius 2 is 1.93 bits per heavy atom. The van der Waals surface area contributed by atoms with Crippen molar-refractivity contribution in [3.05, 3.63) is 58.4 Å². The van der Waals surface area contributed by atoms with Gasteiger partial charge < -0.3 is 15.5 Å². The number of rotatable bonds is 5. The maximum atomic E-state index is 12.6. The lowest BCUT2D eigenvalue weighted by Gasteiger charge is -2.19. The van der Waals surface area contributed by atoms with E-state index in [1.807, 2.05) is 13.0 Å². The molecule has 0 saturated heterocycles. The Bertz CT molecular complexity index is 1080. The number of amides is 2. The average molecular weight is 407 g/mol. The zero-order chi connectivity index (χ0) is 20.4. The van der Waals surface area contributed by atoms with Gasteiger partial charge in [0.15, 0.2) is 0 Å². The van der Waals surface area contributed by atoms with Crippen LogP contribution in [0, 0.1) is 6.92 Å². The van der Waals surface area contributed by atoms with E-state index >= 15 is 0 Å². The van der Waals surface area contributed by atoms with Crippen LogP contribution in [0.5, 0.6) is 0 Å². The van der Waals surface area contributed by atoms with Gasteiger partial charge in [0.25, 0.3) is 0 Å². The normalized spacial score (nSPS) is 12.6. The van der Waals surface area contributed by atoms with Crippen LogP contribution in [-0.2, 0) is 16.0 Å². The summed E-state index contributed by atoms with van der Waals surface area (Å²) in [7, 11) is 0. The number of aryl methyl sites for hydroxylation is 1. The Morgan fingerprint density at radius 3 is 2.66 bits per heavy atom. The molecule has 0 unspecified atom stereocenters. The standard InChI is InChI=1S/C22H22N4O2S/c1-14(27)23-18-4-3-5-19(11-18)25-22(28)12-26-9-8-17-10-16(6-7-21(17)26)20-13-29-15(2)24-20/h3-7,10-11,13H,8-9,12H2,1-2H3,(H,23,27)(H,25,28). The lowest BCUT2D eigenvalue weighted by molar-refractivity contribution is -0.115. The first kappa shape index (κ1) is 19.1. The molecule has 0 aliphatic carbocycles. The highest BCUT2D eigenvalue weighted by atomic mass is 32.1. The molecule has 3 aromatic rings. The Labute approximate surface area is 173 Å². The van der Waals surface area contributed by atoms with Crippen molar-refractivity contribution in [3.63, 3.8) is 0 Å². The molecule has 1 aliphatic heterocycles. The van der Waals surface area contributed by atoms with E-state index in [2.05, 4.69) is 44.1 Å². The third-order valence-electron chi connectivity index (χ3n) is 4.79. The number of hydrogen-bond donors (Lipinski definition) is 2. The zero-order valence-electron chi connectivity index (χ0n) is 16.4. The van der Waals surface area contributed by atoms with Gasteiger partial charge in [-0.15, -0.1) is 11.3 Å². The predicted molar refractivity (Wildman–Crippen MR) is 118 cm³/mol. The van der Waals surface area contributed by atoms with Crippen LogP contribution in [0.4, 0.5) is 17.1 Å². The lowest BCUT2D eigenvalue weighted by atomic mass is 10.1. The first-order chi connectivity index (χ1) is 14.0. The van der Waals surface area contributed by atoms with E-state index in [0.29, 0.717) is 11.4 Å². The third-order valence-corrected chi connectivity index (χ3v) is 5.56. The molecule has 0 atom stereocenters. The van der Waals surface area contributed by atoms with E-state index in [9.17, 15) is 9.59 Å². The maximum Gasteiger partial charge on any atom is 0.243 e. The lowest BCUT2D eigenvalue weighted by Crippen LogP contribution is -2.31. The van der Waals surface area contributed by atoms with Gasteiger partial charge in [0.05, 0.1) is 17.2 Å². The van der Waals surface area contributed by atoms with Crippen LogP contribution in [0.25, 0.3) is 11.3 Å². The number of aromatic nitrogens is 1.